The number of carbonyl (C=O) groups is 1. The molecule has 1 fully saturated rings. The lowest BCUT2D eigenvalue weighted by molar-refractivity contribution is -0.141. The number of carboxylic acid groups (broad SMARTS) is 1. The Bertz CT molecular complexity index is 461. The maximum atomic E-state index is 13.4. The van der Waals surface area contributed by atoms with Crippen molar-refractivity contribution in [3.05, 3.63) is 29.1 Å². The second-order valence-corrected chi connectivity index (χ2v) is 4.34. The van der Waals surface area contributed by atoms with Crippen LogP contribution in [0.3, 0.4) is 0 Å². The van der Waals surface area contributed by atoms with Crippen molar-refractivity contribution in [2.24, 2.45) is 5.92 Å². The van der Waals surface area contributed by atoms with Gasteiger partial charge in [-0.2, -0.15) is 0 Å². The maximum Gasteiger partial charge on any atom is 0.307 e. The molecule has 92 valence electrons. The fraction of sp³-hybridized carbons (Fsp3) is 0.417. The van der Waals surface area contributed by atoms with E-state index in [2.05, 4.69) is 5.32 Å². The van der Waals surface area contributed by atoms with Gasteiger partial charge in [0.15, 0.2) is 0 Å². The Morgan fingerprint density at radius 1 is 1.53 bits per heavy atom. The van der Waals surface area contributed by atoms with Crippen molar-refractivity contribution in [3.8, 4) is 5.75 Å². The van der Waals surface area contributed by atoms with Crippen LogP contribution in [-0.4, -0.2) is 22.7 Å². The molecule has 1 saturated heterocycles. The molecule has 0 radical (unpaired) electrons. The number of halogens is 1. The molecule has 2 rings (SSSR count). The number of phenols is 1. The smallest absolute Gasteiger partial charge is 0.307 e. The van der Waals surface area contributed by atoms with Crippen LogP contribution in [0.4, 0.5) is 4.39 Å². The third-order valence-corrected chi connectivity index (χ3v) is 3.25. The third-order valence-electron chi connectivity index (χ3n) is 3.25. The number of phenolic OH excluding ortho intramolecular Hbond substituents is 1. The van der Waals surface area contributed by atoms with Crippen molar-refractivity contribution in [2.45, 2.75) is 19.4 Å². The number of nitrogens with one attached hydrogen (secondary N) is 1. The van der Waals surface area contributed by atoms with Crippen LogP contribution in [-0.2, 0) is 4.79 Å². The number of aliphatic carboxylic acids is 1. The molecule has 0 bridgehead atoms. The van der Waals surface area contributed by atoms with Crippen molar-refractivity contribution in [1.29, 1.82) is 0 Å². The Kier molecular flexibility index (Phi) is 3.02. The molecule has 1 aromatic carbocycles. The van der Waals surface area contributed by atoms with E-state index in [0.29, 0.717) is 24.1 Å². The second-order valence-electron chi connectivity index (χ2n) is 4.34. The zero-order chi connectivity index (χ0) is 12.6. The topological polar surface area (TPSA) is 69.6 Å². The average molecular weight is 239 g/mol. The minimum Gasteiger partial charge on any atom is -0.508 e. The number of benzene rings is 1. The van der Waals surface area contributed by atoms with Gasteiger partial charge < -0.3 is 15.5 Å². The quantitative estimate of drug-likeness (QED) is 0.732. The summed E-state index contributed by atoms with van der Waals surface area (Å²) in [4.78, 5) is 10.8. The Morgan fingerprint density at radius 3 is 2.82 bits per heavy atom. The Morgan fingerprint density at radius 2 is 2.24 bits per heavy atom. The van der Waals surface area contributed by atoms with Crippen LogP contribution >= 0.6 is 0 Å². The normalized spacial score (nSPS) is 23.9. The summed E-state index contributed by atoms with van der Waals surface area (Å²) in [6.45, 7) is 1.93. The standard InChI is InChI=1S/C12H14FNO3/c1-6-8(13)2-3-10(15)11(6)9-4-7(5-14-9)12(16)17/h2-3,7,9,14-15H,4-5H2,1H3,(H,16,17). The molecule has 2 unspecified atom stereocenters. The minimum absolute atomic E-state index is 0.00689. The van der Waals surface area contributed by atoms with Crippen LogP contribution in [0.15, 0.2) is 12.1 Å². The lowest BCUT2D eigenvalue weighted by Gasteiger charge is -2.16. The first kappa shape index (κ1) is 11.9. The van der Waals surface area contributed by atoms with Gasteiger partial charge in [-0.1, -0.05) is 0 Å². The third kappa shape index (κ3) is 2.10. The summed E-state index contributed by atoms with van der Waals surface area (Å²) < 4.78 is 13.4. The Hall–Kier alpha value is -1.62. The van der Waals surface area contributed by atoms with Crippen LogP contribution in [0.2, 0.25) is 0 Å². The molecular formula is C12H14FNO3. The second kappa shape index (κ2) is 4.33. The number of hydrogen-bond acceptors (Lipinski definition) is 3. The zero-order valence-corrected chi connectivity index (χ0v) is 9.40. The highest BCUT2D eigenvalue weighted by Crippen LogP contribution is 2.35. The predicted molar refractivity (Wildman–Crippen MR) is 59.3 cm³/mol. The number of hydrogen-bond donors (Lipinski definition) is 3. The molecule has 1 aliphatic heterocycles. The lowest BCUT2D eigenvalue weighted by Crippen LogP contribution is -2.17. The molecule has 1 heterocycles. The molecule has 0 amide bonds. The van der Waals surface area contributed by atoms with E-state index < -0.39 is 17.7 Å². The number of aromatic hydroxyl groups is 1. The first-order chi connectivity index (χ1) is 8.00. The van der Waals surface area contributed by atoms with E-state index >= 15 is 0 Å². The highest BCUT2D eigenvalue weighted by atomic mass is 19.1. The molecule has 1 aromatic rings. The van der Waals surface area contributed by atoms with Gasteiger partial charge in [0.25, 0.3) is 0 Å². The van der Waals surface area contributed by atoms with Crippen molar-refractivity contribution in [1.82, 2.24) is 5.32 Å². The van der Waals surface area contributed by atoms with Crippen LogP contribution in [0, 0.1) is 18.7 Å². The van der Waals surface area contributed by atoms with Crippen molar-refractivity contribution >= 4 is 5.97 Å². The SMILES string of the molecule is Cc1c(F)ccc(O)c1C1CC(C(=O)O)CN1. The summed E-state index contributed by atoms with van der Waals surface area (Å²) in [6, 6.07) is 2.21. The van der Waals surface area contributed by atoms with Gasteiger partial charge in [0.1, 0.15) is 11.6 Å². The van der Waals surface area contributed by atoms with E-state index in [1.165, 1.54) is 12.1 Å². The summed E-state index contributed by atoms with van der Waals surface area (Å²) in [6.07, 6.45) is 0.368. The van der Waals surface area contributed by atoms with Gasteiger partial charge in [0.2, 0.25) is 0 Å². The Labute approximate surface area is 98.1 Å². The molecule has 1 aliphatic rings. The van der Waals surface area contributed by atoms with E-state index in [0.717, 1.165) is 0 Å². The average Bonchev–Trinajstić information content (AvgIpc) is 2.73. The van der Waals surface area contributed by atoms with E-state index in [1.54, 1.807) is 6.92 Å². The van der Waals surface area contributed by atoms with Gasteiger partial charge in [-0.25, -0.2) is 4.39 Å². The summed E-state index contributed by atoms with van der Waals surface area (Å²) >= 11 is 0. The number of rotatable bonds is 2. The minimum atomic E-state index is -0.867. The molecule has 2 atom stereocenters. The van der Waals surface area contributed by atoms with Crippen LogP contribution < -0.4 is 5.32 Å². The Balaban J connectivity index is 2.30. The molecule has 0 saturated carbocycles. The summed E-state index contributed by atoms with van der Waals surface area (Å²) in [5, 5.41) is 21.6. The van der Waals surface area contributed by atoms with Crippen molar-refractivity contribution in [3.63, 3.8) is 0 Å². The van der Waals surface area contributed by atoms with Gasteiger partial charge in [0, 0.05) is 18.2 Å². The maximum absolute atomic E-state index is 13.4. The van der Waals surface area contributed by atoms with Gasteiger partial charge in [-0.05, 0) is 31.0 Å². The number of carboxylic acids is 1. The molecule has 5 heteroatoms. The van der Waals surface area contributed by atoms with Gasteiger partial charge in [0.05, 0.1) is 5.92 Å². The van der Waals surface area contributed by atoms with Gasteiger partial charge >= 0.3 is 5.97 Å². The lowest BCUT2D eigenvalue weighted by atomic mass is 9.95. The van der Waals surface area contributed by atoms with Crippen LogP contribution in [0.25, 0.3) is 0 Å². The molecule has 0 aromatic heterocycles. The molecule has 17 heavy (non-hydrogen) atoms. The van der Waals surface area contributed by atoms with Gasteiger partial charge in [-0.3, -0.25) is 4.79 Å². The fourth-order valence-electron chi connectivity index (χ4n) is 2.27. The first-order valence-electron chi connectivity index (χ1n) is 5.45. The zero-order valence-electron chi connectivity index (χ0n) is 9.40. The molecule has 0 spiro atoms. The molecule has 0 aliphatic carbocycles. The van der Waals surface area contributed by atoms with E-state index in [1.807, 2.05) is 0 Å². The van der Waals surface area contributed by atoms with E-state index in [4.69, 9.17) is 5.11 Å². The molecular weight excluding hydrogens is 225 g/mol. The van der Waals surface area contributed by atoms with Crippen LogP contribution in [0.5, 0.6) is 5.75 Å². The molecule has 4 nitrogen and oxygen atoms in total. The predicted octanol–water partition coefficient (Wildman–Crippen LogP) is 1.57. The monoisotopic (exact) mass is 239 g/mol. The summed E-state index contributed by atoms with van der Waals surface area (Å²) in [5.41, 5.74) is 0.835. The largest absolute Gasteiger partial charge is 0.508 e. The fourth-order valence-corrected chi connectivity index (χ4v) is 2.27. The highest BCUT2D eigenvalue weighted by Gasteiger charge is 2.32. The van der Waals surface area contributed by atoms with Crippen molar-refractivity contribution in [2.75, 3.05) is 6.54 Å². The van der Waals surface area contributed by atoms with Crippen molar-refractivity contribution < 1.29 is 19.4 Å². The highest BCUT2D eigenvalue weighted by molar-refractivity contribution is 5.71. The van der Waals surface area contributed by atoms with E-state index in [9.17, 15) is 14.3 Å². The summed E-state index contributed by atoms with van der Waals surface area (Å²) in [7, 11) is 0. The van der Waals surface area contributed by atoms with E-state index in [-0.39, 0.29) is 11.8 Å². The molecule has 3 N–H and O–H groups in total. The summed E-state index contributed by atoms with van der Waals surface area (Å²) in [5.74, 6) is -1.73. The van der Waals surface area contributed by atoms with Gasteiger partial charge in [-0.15, -0.1) is 0 Å². The van der Waals surface area contributed by atoms with Crippen LogP contribution in [0.1, 0.15) is 23.6 Å². The first-order valence-corrected chi connectivity index (χ1v) is 5.45.